The lowest BCUT2D eigenvalue weighted by Crippen LogP contribution is -2.35. The van der Waals surface area contributed by atoms with Gasteiger partial charge in [-0.2, -0.15) is 0 Å². The van der Waals surface area contributed by atoms with E-state index >= 15 is 0 Å². The number of halogens is 2. The molecule has 2 fully saturated rings. The molecule has 0 amide bonds. The second-order valence-corrected chi connectivity index (χ2v) is 11.0. The Hall–Kier alpha value is -3.46. The number of ether oxygens (including phenoxy) is 2. The van der Waals surface area contributed by atoms with E-state index in [1.807, 2.05) is 18.2 Å². The summed E-state index contributed by atoms with van der Waals surface area (Å²) in [6.45, 7) is 4.06. The van der Waals surface area contributed by atoms with Crippen molar-refractivity contribution in [2.45, 2.75) is 51.0 Å². The van der Waals surface area contributed by atoms with E-state index in [2.05, 4.69) is 15.5 Å². The summed E-state index contributed by atoms with van der Waals surface area (Å²) in [5.74, 6) is 0.739. The molecule has 0 radical (unpaired) electrons. The molecule has 2 aliphatic heterocycles. The smallest absolute Gasteiger partial charge is 0.335 e. The Labute approximate surface area is 237 Å². The predicted octanol–water partition coefficient (Wildman–Crippen LogP) is 6.27. The number of rotatable bonds is 9. The number of imidazole rings is 1. The van der Waals surface area contributed by atoms with Crippen LogP contribution in [-0.4, -0.2) is 51.3 Å². The average Bonchev–Trinajstić information content (AvgIpc) is 3.26. The Morgan fingerprint density at radius 3 is 2.62 bits per heavy atom. The van der Waals surface area contributed by atoms with Crippen LogP contribution >= 0.6 is 11.6 Å². The standard InChI is InChI=1S/C31H31ClFN3O4/c32-23-7-5-22(26(33)16-23)19-40-29-4-2-1-3-25(29)20-9-12-35(13-10-20)18-30-34-27-8-6-21(31(37)38)15-28(27)36(30)17-24-11-14-39-24/h1-8,15-16,20,24H,9-14,17-19H2,(H,37,38)/t24-/m0/s1. The zero-order valence-corrected chi connectivity index (χ0v) is 22.8. The number of aromatic nitrogens is 2. The molecule has 4 aromatic rings. The topological polar surface area (TPSA) is 76.8 Å². The molecule has 7 nitrogen and oxygen atoms in total. The number of carboxylic acid groups (broad SMARTS) is 1. The molecule has 0 unspecified atom stereocenters. The van der Waals surface area contributed by atoms with Crippen molar-refractivity contribution < 1.29 is 23.8 Å². The number of nitrogens with zero attached hydrogens (tertiary/aromatic N) is 3. The summed E-state index contributed by atoms with van der Waals surface area (Å²) >= 11 is 5.88. The van der Waals surface area contributed by atoms with Gasteiger partial charge in [0.2, 0.25) is 0 Å². The van der Waals surface area contributed by atoms with Gasteiger partial charge in [0.05, 0.1) is 35.8 Å². The Balaban J connectivity index is 1.14. The van der Waals surface area contributed by atoms with E-state index in [4.69, 9.17) is 26.1 Å². The fraction of sp³-hybridized carbons (Fsp3) is 0.355. The van der Waals surface area contributed by atoms with Gasteiger partial charge in [-0.15, -0.1) is 0 Å². The molecule has 3 heterocycles. The zero-order valence-electron chi connectivity index (χ0n) is 22.1. The third kappa shape index (κ3) is 5.70. The quantitative estimate of drug-likeness (QED) is 0.258. The van der Waals surface area contributed by atoms with Crippen LogP contribution in [-0.2, 0) is 24.4 Å². The van der Waals surface area contributed by atoms with Crippen molar-refractivity contribution in [3.63, 3.8) is 0 Å². The van der Waals surface area contributed by atoms with E-state index in [1.165, 1.54) is 6.07 Å². The molecule has 2 aliphatic rings. The van der Waals surface area contributed by atoms with Crippen LogP contribution in [0.1, 0.15) is 52.5 Å². The molecule has 40 heavy (non-hydrogen) atoms. The molecule has 1 atom stereocenters. The first-order chi connectivity index (χ1) is 19.4. The van der Waals surface area contributed by atoms with E-state index in [0.717, 1.165) is 67.1 Å². The van der Waals surface area contributed by atoms with E-state index in [0.29, 0.717) is 29.6 Å². The minimum absolute atomic E-state index is 0.133. The van der Waals surface area contributed by atoms with Crippen molar-refractivity contribution in [2.75, 3.05) is 19.7 Å². The number of carboxylic acids is 1. The molecular weight excluding hydrogens is 533 g/mol. The maximum atomic E-state index is 14.3. The zero-order chi connectivity index (χ0) is 27.6. The van der Waals surface area contributed by atoms with Crippen LogP contribution in [0.5, 0.6) is 5.75 Å². The number of hydrogen-bond donors (Lipinski definition) is 1. The van der Waals surface area contributed by atoms with Gasteiger partial charge < -0.3 is 19.1 Å². The summed E-state index contributed by atoms with van der Waals surface area (Å²) in [6, 6.07) is 17.8. The van der Waals surface area contributed by atoms with Crippen molar-refractivity contribution in [1.82, 2.24) is 14.5 Å². The van der Waals surface area contributed by atoms with Gasteiger partial charge in [0, 0.05) is 17.2 Å². The Morgan fingerprint density at radius 2 is 1.90 bits per heavy atom. The van der Waals surface area contributed by atoms with Crippen LogP contribution in [0.15, 0.2) is 60.7 Å². The molecule has 6 rings (SSSR count). The van der Waals surface area contributed by atoms with Gasteiger partial charge in [0.1, 0.15) is 24.0 Å². The van der Waals surface area contributed by atoms with Crippen molar-refractivity contribution in [3.05, 3.63) is 94.0 Å². The maximum absolute atomic E-state index is 14.3. The maximum Gasteiger partial charge on any atom is 0.335 e. The third-order valence-corrected chi connectivity index (χ3v) is 8.20. The van der Waals surface area contributed by atoms with E-state index in [1.54, 1.807) is 30.3 Å². The van der Waals surface area contributed by atoms with Crippen LogP contribution < -0.4 is 4.74 Å². The van der Waals surface area contributed by atoms with Crippen molar-refractivity contribution in [1.29, 1.82) is 0 Å². The van der Waals surface area contributed by atoms with Crippen molar-refractivity contribution >= 4 is 28.6 Å². The summed E-state index contributed by atoms with van der Waals surface area (Å²) in [7, 11) is 0. The van der Waals surface area contributed by atoms with E-state index in [-0.39, 0.29) is 24.1 Å². The normalized spacial score (nSPS) is 18.1. The molecule has 0 bridgehead atoms. The number of piperidine rings is 1. The summed E-state index contributed by atoms with van der Waals surface area (Å²) in [5.41, 5.74) is 3.52. The van der Waals surface area contributed by atoms with Crippen LogP contribution in [0, 0.1) is 5.82 Å². The van der Waals surface area contributed by atoms with Crippen LogP contribution in [0.2, 0.25) is 5.02 Å². The number of benzene rings is 3. The minimum Gasteiger partial charge on any atom is -0.489 e. The number of fused-ring (bicyclic) bond motifs is 1. The molecular formula is C31H31ClFN3O4. The molecule has 1 N–H and O–H groups in total. The average molecular weight is 564 g/mol. The molecule has 208 valence electrons. The first kappa shape index (κ1) is 26.7. The number of hydrogen-bond acceptors (Lipinski definition) is 5. The Bertz CT molecular complexity index is 1530. The fourth-order valence-corrected chi connectivity index (χ4v) is 5.77. The summed E-state index contributed by atoms with van der Waals surface area (Å²) in [5, 5.41) is 9.87. The van der Waals surface area contributed by atoms with Gasteiger partial charge in [-0.05, 0) is 80.2 Å². The SMILES string of the molecule is O=C(O)c1ccc2nc(CN3CCC(c4ccccc4OCc4ccc(Cl)cc4F)CC3)n(C[C@@H]3CCO3)c2c1. The van der Waals surface area contributed by atoms with Gasteiger partial charge in [-0.1, -0.05) is 35.9 Å². The van der Waals surface area contributed by atoms with Gasteiger partial charge in [-0.25, -0.2) is 14.2 Å². The summed E-state index contributed by atoms with van der Waals surface area (Å²) in [4.78, 5) is 18.9. The number of carbonyl (C=O) groups is 1. The second kappa shape index (κ2) is 11.6. The predicted molar refractivity (Wildman–Crippen MR) is 150 cm³/mol. The van der Waals surface area contributed by atoms with Crippen LogP contribution in [0.3, 0.4) is 0 Å². The first-order valence-corrected chi connectivity index (χ1v) is 14.0. The summed E-state index contributed by atoms with van der Waals surface area (Å²) < 4.78 is 28.2. The van der Waals surface area contributed by atoms with E-state index < -0.39 is 5.97 Å². The molecule has 9 heteroatoms. The van der Waals surface area contributed by atoms with Crippen LogP contribution in [0.25, 0.3) is 11.0 Å². The lowest BCUT2D eigenvalue weighted by Gasteiger charge is -2.33. The van der Waals surface area contributed by atoms with Gasteiger partial charge in [-0.3, -0.25) is 4.90 Å². The Kier molecular flexibility index (Phi) is 7.74. The lowest BCUT2D eigenvalue weighted by atomic mass is 9.89. The Morgan fingerprint density at radius 1 is 1.10 bits per heavy atom. The number of para-hydroxylation sites is 1. The molecule has 2 saturated heterocycles. The highest BCUT2D eigenvalue weighted by Gasteiger charge is 2.26. The molecule has 1 aromatic heterocycles. The minimum atomic E-state index is -0.944. The molecule has 0 saturated carbocycles. The second-order valence-electron chi connectivity index (χ2n) is 10.5. The highest BCUT2D eigenvalue weighted by molar-refractivity contribution is 6.30. The first-order valence-electron chi connectivity index (χ1n) is 13.7. The third-order valence-electron chi connectivity index (χ3n) is 7.96. The number of likely N-dealkylation sites (tertiary alicyclic amines) is 1. The van der Waals surface area contributed by atoms with Crippen molar-refractivity contribution in [3.8, 4) is 5.75 Å². The highest BCUT2D eigenvalue weighted by atomic mass is 35.5. The van der Waals surface area contributed by atoms with Gasteiger partial charge >= 0.3 is 5.97 Å². The van der Waals surface area contributed by atoms with Crippen LogP contribution in [0.4, 0.5) is 4.39 Å². The molecule has 0 spiro atoms. The van der Waals surface area contributed by atoms with E-state index in [9.17, 15) is 14.3 Å². The molecule has 3 aromatic carbocycles. The highest BCUT2D eigenvalue weighted by Crippen LogP contribution is 2.35. The summed E-state index contributed by atoms with van der Waals surface area (Å²) in [6.07, 6.45) is 3.05. The number of aromatic carboxylic acids is 1. The molecule has 0 aliphatic carbocycles. The monoisotopic (exact) mass is 563 g/mol. The fourth-order valence-electron chi connectivity index (χ4n) is 5.61. The van der Waals surface area contributed by atoms with Gasteiger partial charge in [0.25, 0.3) is 0 Å². The van der Waals surface area contributed by atoms with Crippen molar-refractivity contribution in [2.24, 2.45) is 0 Å². The van der Waals surface area contributed by atoms with Gasteiger partial charge in [0.15, 0.2) is 0 Å². The lowest BCUT2D eigenvalue weighted by molar-refractivity contribution is -0.0592. The largest absolute Gasteiger partial charge is 0.489 e.